The van der Waals surface area contributed by atoms with E-state index in [-0.39, 0.29) is 24.3 Å². The summed E-state index contributed by atoms with van der Waals surface area (Å²) >= 11 is 0. The number of nitrogens with zero attached hydrogens (tertiary/aromatic N) is 1. The minimum atomic E-state index is -0.302. The number of aryl methyl sites for hydroxylation is 1. The Morgan fingerprint density at radius 3 is 2.33 bits per heavy atom. The number of amides is 1. The second-order valence-corrected chi connectivity index (χ2v) is 6.84. The van der Waals surface area contributed by atoms with Crippen molar-refractivity contribution in [1.29, 1.82) is 0 Å². The predicted molar refractivity (Wildman–Crippen MR) is 106 cm³/mol. The van der Waals surface area contributed by atoms with E-state index in [9.17, 15) is 9.59 Å². The fourth-order valence-corrected chi connectivity index (χ4v) is 2.86. The van der Waals surface area contributed by atoms with Gasteiger partial charge in [0.1, 0.15) is 0 Å². The van der Waals surface area contributed by atoms with Gasteiger partial charge < -0.3 is 10.1 Å². The van der Waals surface area contributed by atoms with Crippen LogP contribution in [0.3, 0.4) is 0 Å². The lowest BCUT2D eigenvalue weighted by Crippen LogP contribution is -2.40. The zero-order valence-electron chi connectivity index (χ0n) is 16.3. The summed E-state index contributed by atoms with van der Waals surface area (Å²) < 4.78 is 4.82. The van der Waals surface area contributed by atoms with Gasteiger partial charge >= 0.3 is 5.97 Å². The van der Waals surface area contributed by atoms with Crippen LogP contribution in [0.5, 0.6) is 0 Å². The van der Waals surface area contributed by atoms with E-state index in [0.29, 0.717) is 19.6 Å². The Balaban J connectivity index is 1.95. The Labute approximate surface area is 161 Å². The molecule has 27 heavy (non-hydrogen) atoms. The lowest BCUT2D eigenvalue weighted by molar-refractivity contribution is -0.145. The maximum Gasteiger partial charge on any atom is 0.309 e. The zero-order chi connectivity index (χ0) is 19.6. The monoisotopic (exact) mass is 368 g/mol. The summed E-state index contributed by atoms with van der Waals surface area (Å²) in [7, 11) is 1.38. The van der Waals surface area contributed by atoms with Gasteiger partial charge in [-0.15, -0.1) is 0 Å². The quantitative estimate of drug-likeness (QED) is 0.692. The molecule has 0 radical (unpaired) electrons. The summed E-state index contributed by atoms with van der Waals surface area (Å²) in [5, 5.41) is 2.95. The molecular weight excluding hydrogens is 340 g/mol. The Kier molecular flexibility index (Phi) is 8.01. The van der Waals surface area contributed by atoms with Crippen molar-refractivity contribution in [2.45, 2.75) is 26.9 Å². The summed E-state index contributed by atoms with van der Waals surface area (Å²) in [4.78, 5) is 26.2. The number of methoxy groups -OCH3 is 1. The van der Waals surface area contributed by atoms with Crippen LogP contribution in [0, 0.1) is 12.8 Å². The van der Waals surface area contributed by atoms with Gasteiger partial charge in [-0.25, -0.2) is 0 Å². The number of carbonyl (C=O) groups is 2. The molecule has 1 N–H and O–H groups in total. The van der Waals surface area contributed by atoms with Gasteiger partial charge in [0.2, 0.25) is 5.91 Å². The Morgan fingerprint density at radius 2 is 1.70 bits per heavy atom. The van der Waals surface area contributed by atoms with Gasteiger partial charge in [0.05, 0.1) is 19.6 Å². The Bertz CT molecular complexity index is 729. The number of hydrogen-bond donors (Lipinski definition) is 1. The molecule has 2 rings (SSSR count). The first-order valence-electron chi connectivity index (χ1n) is 9.14. The van der Waals surface area contributed by atoms with Crippen LogP contribution < -0.4 is 5.32 Å². The van der Waals surface area contributed by atoms with Crippen molar-refractivity contribution in [3.63, 3.8) is 0 Å². The molecule has 0 bridgehead atoms. The van der Waals surface area contributed by atoms with E-state index in [1.807, 2.05) is 73.3 Å². The van der Waals surface area contributed by atoms with Gasteiger partial charge in [0.25, 0.3) is 0 Å². The van der Waals surface area contributed by atoms with E-state index in [0.717, 1.165) is 11.1 Å². The van der Waals surface area contributed by atoms with E-state index < -0.39 is 0 Å². The second-order valence-electron chi connectivity index (χ2n) is 6.84. The first-order valence-corrected chi connectivity index (χ1v) is 9.14. The van der Waals surface area contributed by atoms with E-state index in [1.54, 1.807) is 0 Å². The van der Waals surface area contributed by atoms with Crippen molar-refractivity contribution in [3.8, 4) is 0 Å². The molecule has 0 spiro atoms. The van der Waals surface area contributed by atoms with Gasteiger partial charge in [-0.05, 0) is 18.1 Å². The second kappa shape index (κ2) is 10.5. The number of carbonyl (C=O) groups excluding carboxylic acids is 2. The molecule has 1 amide bonds. The van der Waals surface area contributed by atoms with Crippen molar-refractivity contribution in [2.24, 2.45) is 5.92 Å². The molecule has 144 valence electrons. The maximum atomic E-state index is 12.4. The third kappa shape index (κ3) is 7.23. The van der Waals surface area contributed by atoms with Crippen molar-refractivity contribution in [3.05, 3.63) is 71.3 Å². The number of nitrogens with one attached hydrogen (secondary N) is 1. The van der Waals surface area contributed by atoms with E-state index in [2.05, 4.69) is 5.32 Å². The van der Waals surface area contributed by atoms with Crippen LogP contribution in [0.25, 0.3) is 0 Å². The molecule has 0 heterocycles. The summed E-state index contributed by atoms with van der Waals surface area (Å²) in [6, 6.07) is 18.0. The molecule has 0 saturated heterocycles. The lowest BCUT2D eigenvalue weighted by atomic mass is 10.1. The summed E-state index contributed by atoms with van der Waals surface area (Å²) in [5.41, 5.74) is 3.35. The van der Waals surface area contributed by atoms with Crippen molar-refractivity contribution in [2.75, 3.05) is 20.2 Å². The van der Waals surface area contributed by atoms with Crippen LogP contribution in [0.4, 0.5) is 0 Å². The van der Waals surface area contributed by atoms with Crippen LogP contribution in [0.2, 0.25) is 0 Å². The van der Waals surface area contributed by atoms with Crippen molar-refractivity contribution >= 4 is 11.9 Å². The number of rotatable bonds is 9. The minimum absolute atomic E-state index is 0.0661. The Morgan fingerprint density at radius 1 is 1.04 bits per heavy atom. The number of esters is 1. The fourth-order valence-electron chi connectivity index (χ4n) is 2.86. The summed E-state index contributed by atoms with van der Waals surface area (Å²) in [6.07, 6.45) is 0. The highest BCUT2D eigenvalue weighted by Crippen LogP contribution is 2.09. The average molecular weight is 368 g/mol. The zero-order valence-corrected chi connectivity index (χ0v) is 16.3. The smallest absolute Gasteiger partial charge is 0.309 e. The third-order valence-corrected chi connectivity index (χ3v) is 4.36. The number of benzene rings is 2. The maximum absolute atomic E-state index is 12.4. The molecular formula is C22H28N2O3. The van der Waals surface area contributed by atoms with Crippen LogP contribution in [-0.2, 0) is 27.4 Å². The lowest BCUT2D eigenvalue weighted by Gasteiger charge is -2.24. The molecule has 1 atom stereocenters. The highest BCUT2D eigenvalue weighted by Gasteiger charge is 2.19. The topological polar surface area (TPSA) is 58.6 Å². The third-order valence-electron chi connectivity index (χ3n) is 4.36. The normalized spacial score (nSPS) is 11.9. The Hall–Kier alpha value is -2.66. The molecule has 0 aliphatic heterocycles. The minimum Gasteiger partial charge on any atom is -0.469 e. The predicted octanol–water partition coefficient (Wildman–Crippen LogP) is 2.92. The molecule has 2 aromatic carbocycles. The fraction of sp³-hybridized carbons (Fsp3) is 0.364. The first kappa shape index (κ1) is 20.6. The molecule has 1 unspecified atom stereocenters. The van der Waals surface area contributed by atoms with E-state index in [4.69, 9.17) is 4.74 Å². The van der Waals surface area contributed by atoms with Gasteiger partial charge in [-0.1, -0.05) is 67.1 Å². The van der Waals surface area contributed by atoms with Crippen LogP contribution in [0.1, 0.15) is 23.6 Å². The van der Waals surface area contributed by atoms with Gasteiger partial charge in [-0.2, -0.15) is 0 Å². The molecule has 2 aromatic rings. The van der Waals surface area contributed by atoms with E-state index >= 15 is 0 Å². The SMILES string of the molecule is COC(=O)C(C)CN(CC(=O)NCc1ccc(C)cc1)Cc1ccccc1. The molecule has 5 heteroatoms. The van der Waals surface area contributed by atoms with Gasteiger partial charge in [0, 0.05) is 19.6 Å². The van der Waals surface area contributed by atoms with Gasteiger partial charge in [-0.3, -0.25) is 14.5 Å². The van der Waals surface area contributed by atoms with Crippen molar-refractivity contribution in [1.82, 2.24) is 10.2 Å². The molecule has 0 saturated carbocycles. The molecule has 0 fully saturated rings. The summed E-state index contributed by atoms with van der Waals surface area (Å²) in [5.74, 6) is -0.639. The van der Waals surface area contributed by atoms with Crippen LogP contribution in [0.15, 0.2) is 54.6 Å². The highest BCUT2D eigenvalue weighted by atomic mass is 16.5. The highest BCUT2D eigenvalue weighted by molar-refractivity contribution is 5.78. The summed E-state index contributed by atoms with van der Waals surface area (Å²) in [6.45, 7) is 5.62. The largest absolute Gasteiger partial charge is 0.469 e. The average Bonchev–Trinajstić information content (AvgIpc) is 2.67. The first-order chi connectivity index (χ1) is 13.0. The van der Waals surface area contributed by atoms with Crippen LogP contribution >= 0.6 is 0 Å². The molecule has 0 aliphatic rings. The van der Waals surface area contributed by atoms with E-state index in [1.165, 1.54) is 12.7 Å². The standard InChI is InChI=1S/C22H28N2O3/c1-17-9-11-19(12-10-17)13-23-21(25)16-24(14-18(2)22(26)27-3)15-20-7-5-4-6-8-20/h4-12,18H,13-16H2,1-3H3,(H,23,25). The number of ether oxygens (including phenoxy) is 1. The number of hydrogen-bond acceptors (Lipinski definition) is 4. The van der Waals surface area contributed by atoms with Gasteiger partial charge in [0.15, 0.2) is 0 Å². The molecule has 0 aliphatic carbocycles. The van der Waals surface area contributed by atoms with Crippen molar-refractivity contribution < 1.29 is 14.3 Å². The van der Waals surface area contributed by atoms with Crippen LogP contribution in [-0.4, -0.2) is 37.0 Å². The molecule has 0 aromatic heterocycles. The molecule has 5 nitrogen and oxygen atoms in total.